The first-order chi connectivity index (χ1) is 8.92. The fourth-order valence-corrected chi connectivity index (χ4v) is 3.77. The molecule has 1 fully saturated rings. The van der Waals surface area contributed by atoms with Gasteiger partial charge in [0.2, 0.25) is 0 Å². The number of nitrogens with one attached hydrogen (secondary N) is 1. The molecule has 18 heavy (non-hydrogen) atoms. The van der Waals surface area contributed by atoms with E-state index in [9.17, 15) is 0 Å². The van der Waals surface area contributed by atoms with Crippen LogP contribution in [0, 0.1) is 5.92 Å². The van der Waals surface area contributed by atoms with Crippen LogP contribution in [0.5, 0.6) is 0 Å². The first-order valence-electron chi connectivity index (χ1n) is 7.19. The Kier molecular flexibility index (Phi) is 2.32. The van der Waals surface area contributed by atoms with Gasteiger partial charge < -0.3 is 5.32 Å². The molecule has 0 spiro atoms. The molecular weight excluding hydrogens is 218 g/mol. The summed E-state index contributed by atoms with van der Waals surface area (Å²) in [6.07, 6.45) is 6.93. The lowest BCUT2D eigenvalue weighted by molar-refractivity contribution is 0.466. The highest BCUT2D eigenvalue weighted by molar-refractivity contribution is 5.96. The highest BCUT2D eigenvalue weighted by Crippen LogP contribution is 2.39. The van der Waals surface area contributed by atoms with Crippen molar-refractivity contribution in [2.45, 2.75) is 38.1 Å². The van der Waals surface area contributed by atoms with Crippen LogP contribution >= 0.6 is 0 Å². The van der Waals surface area contributed by atoms with E-state index in [1.54, 1.807) is 0 Å². The van der Waals surface area contributed by atoms with Gasteiger partial charge >= 0.3 is 0 Å². The minimum Gasteiger partial charge on any atom is -0.381 e. The summed E-state index contributed by atoms with van der Waals surface area (Å²) in [6.45, 7) is 0. The number of anilines is 1. The molecule has 1 heteroatoms. The van der Waals surface area contributed by atoms with Crippen molar-refractivity contribution in [3.05, 3.63) is 42.0 Å². The maximum atomic E-state index is 3.82. The molecule has 2 aliphatic rings. The minimum atomic E-state index is 0.688. The smallest absolute Gasteiger partial charge is 0.0455 e. The molecule has 0 aromatic heterocycles. The van der Waals surface area contributed by atoms with E-state index >= 15 is 0 Å². The molecule has 0 bridgehead atoms. The van der Waals surface area contributed by atoms with Gasteiger partial charge in [-0.05, 0) is 36.1 Å². The third-order valence-electron chi connectivity index (χ3n) is 4.75. The van der Waals surface area contributed by atoms with Gasteiger partial charge in [-0.1, -0.05) is 49.2 Å². The molecule has 1 nitrogen and oxygen atoms in total. The predicted octanol–water partition coefficient (Wildman–Crippen LogP) is 4.37. The molecule has 2 aromatic rings. The Bertz CT molecular complexity index is 581. The molecule has 1 unspecified atom stereocenters. The van der Waals surface area contributed by atoms with Crippen molar-refractivity contribution in [1.82, 2.24) is 0 Å². The van der Waals surface area contributed by atoms with E-state index in [1.165, 1.54) is 54.1 Å². The zero-order valence-electron chi connectivity index (χ0n) is 10.7. The van der Waals surface area contributed by atoms with Gasteiger partial charge in [0, 0.05) is 17.1 Å². The third kappa shape index (κ3) is 1.53. The van der Waals surface area contributed by atoms with Crippen LogP contribution in [0.2, 0.25) is 0 Å². The van der Waals surface area contributed by atoms with Crippen molar-refractivity contribution in [2.75, 3.05) is 5.32 Å². The summed E-state index contributed by atoms with van der Waals surface area (Å²) in [7, 11) is 0. The van der Waals surface area contributed by atoms with Gasteiger partial charge in [-0.15, -0.1) is 0 Å². The predicted molar refractivity (Wildman–Crippen MR) is 77.0 cm³/mol. The standard InChI is InChI=1S/C17H19N/c1-2-7-13(6-1)16-11-14-10-9-12-5-3-4-8-15(12)17(14)18-16/h3-5,8-10,13,16,18H,1-2,6-7,11H2. The largest absolute Gasteiger partial charge is 0.381 e. The molecule has 0 amide bonds. The maximum absolute atomic E-state index is 3.82. The van der Waals surface area contributed by atoms with Crippen LogP contribution in [0.4, 0.5) is 5.69 Å². The molecule has 4 rings (SSSR count). The van der Waals surface area contributed by atoms with E-state index in [-0.39, 0.29) is 0 Å². The molecule has 1 aliphatic carbocycles. The summed E-state index contributed by atoms with van der Waals surface area (Å²) in [4.78, 5) is 0. The van der Waals surface area contributed by atoms with Crippen LogP contribution in [0.25, 0.3) is 10.8 Å². The Morgan fingerprint density at radius 3 is 2.67 bits per heavy atom. The van der Waals surface area contributed by atoms with Crippen LogP contribution in [0.3, 0.4) is 0 Å². The molecule has 92 valence electrons. The summed E-state index contributed by atoms with van der Waals surface area (Å²) < 4.78 is 0. The Labute approximate surface area is 108 Å². The maximum Gasteiger partial charge on any atom is 0.0455 e. The number of fused-ring (bicyclic) bond motifs is 3. The number of hydrogen-bond donors (Lipinski definition) is 1. The van der Waals surface area contributed by atoms with E-state index < -0.39 is 0 Å². The number of hydrogen-bond acceptors (Lipinski definition) is 1. The van der Waals surface area contributed by atoms with Gasteiger partial charge in [-0.2, -0.15) is 0 Å². The SMILES string of the molecule is c1ccc2c3c(ccc2c1)CC(C1CCCC1)N3. The van der Waals surface area contributed by atoms with Crippen molar-refractivity contribution >= 4 is 16.5 Å². The average molecular weight is 237 g/mol. The highest BCUT2D eigenvalue weighted by atomic mass is 15.0. The van der Waals surface area contributed by atoms with E-state index in [4.69, 9.17) is 0 Å². The van der Waals surface area contributed by atoms with Crippen molar-refractivity contribution < 1.29 is 0 Å². The molecule has 1 saturated carbocycles. The summed E-state index contributed by atoms with van der Waals surface area (Å²) in [5.74, 6) is 0.899. The third-order valence-corrected chi connectivity index (χ3v) is 4.75. The quantitative estimate of drug-likeness (QED) is 0.776. The van der Waals surface area contributed by atoms with Gasteiger partial charge in [0.05, 0.1) is 0 Å². The van der Waals surface area contributed by atoms with Crippen molar-refractivity contribution in [3.8, 4) is 0 Å². The Morgan fingerprint density at radius 1 is 0.944 bits per heavy atom. The van der Waals surface area contributed by atoms with E-state index in [0.29, 0.717) is 6.04 Å². The summed E-state index contributed by atoms with van der Waals surface area (Å²) in [5, 5.41) is 6.58. The topological polar surface area (TPSA) is 12.0 Å². The highest BCUT2D eigenvalue weighted by Gasteiger charge is 2.30. The Hall–Kier alpha value is -1.50. The fourth-order valence-electron chi connectivity index (χ4n) is 3.77. The first kappa shape index (κ1) is 10.4. The van der Waals surface area contributed by atoms with Crippen molar-refractivity contribution in [2.24, 2.45) is 5.92 Å². The zero-order valence-corrected chi connectivity index (χ0v) is 10.7. The fraction of sp³-hybridized carbons (Fsp3) is 0.412. The van der Waals surface area contributed by atoms with Crippen molar-refractivity contribution in [3.63, 3.8) is 0 Å². The Balaban J connectivity index is 1.74. The van der Waals surface area contributed by atoms with Gasteiger partial charge in [0.15, 0.2) is 0 Å². The van der Waals surface area contributed by atoms with Gasteiger partial charge in [0.1, 0.15) is 0 Å². The first-order valence-corrected chi connectivity index (χ1v) is 7.19. The summed E-state index contributed by atoms with van der Waals surface area (Å²) >= 11 is 0. The minimum absolute atomic E-state index is 0.688. The second-order valence-corrected chi connectivity index (χ2v) is 5.82. The summed E-state index contributed by atoms with van der Waals surface area (Å²) in [6, 6.07) is 14.0. The van der Waals surface area contributed by atoms with Gasteiger partial charge in [-0.25, -0.2) is 0 Å². The molecule has 0 saturated heterocycles. The zero-order chi connectivity index (χ0) is 11.9. The average Bonchev–Trinajstić information content (AvgIpc) is 3.07. The van der Waals surface area contributed by atoms with E-state index in [1.807, 2.05) is 0 Å². The van der Waals surface area contributed by atoms with Gasteiger partial charge in [0.25, 0.3) is 0 Å². The van der Waals surface area contributed by atoms with Crippen LogP contribution < -0.4 is 5.32 Å². The number of benzene rings is 2. The normalized spacial score (nSPS) is 23.2. The second-order valence-electron chi connectivity index (χ2n) is 5.82. The molecule has 1 N–H and O–H groups in total. The second kappa shape index (κ2) is 4.01. The molecule has 0 radical (unpaired) electrons. The number of rotatable bonds is 1. The molecular formula is C17H19N. The van der Waals surface area contributed by atoms with Crippen LogP contribution in [-0.2, 0) is 6.42 Å². The summed E-state index contributed by atoms with van der Waals surface area (Å²) in [5.41, 5.74) is 2.93. The van der Waals surface area contributed by atoms with E-state index in [2.05, 4.69) is 41.7 Å². The lowest BCUT2D eigenvalue weighted by Crippen LogP contribution is -2.24. The van der Waals surface area contributed by atoms with Crippen molar-refractivity contribution in [1.29, 1.82) is 0 Å². The molecule has 1 atom stereocenters. The van der Waals surface area contributed by atoms with E-state index in [0.717, 1.165) is 5.92 Å². The molecule has 1 aliphatic heterocycles. The van der Waals surface area contributed by atoms with Crippen LogP contribution in [0.15, 0.2) is 36.4 Å². The molecule has 2 aromatic carbocycles. The van der Waals surface area contributed by atoms with Gasteiger partial charge in [-0.3, -0.25) is 0 Å². The van der Waals surface area contributed by atoms with Crippen LogP contribution in [-0.4, -0.2) is 6.04 Å². The molecule has 1 heterocycles. The lowest BCUT2D eigenvalue weighted by atomic mass is 9.95. The Morgan fingerprint density at radius 2 is 1.78 bits per heavy atom. The monoisotopic (exact) mass is 237 g/mol. The lowest BCUT2D eigenvalue weighted by Gasteiger charge is -2.18. The van der Waals surface area contributed by atoms with Crippen LogP contribution in [0.1, 0.15) is 31.2 Å².